The first-order valence-corrected chi connectivity index (χ1v) is 5.96. The molecule has 1 amide bonds. The highest BCUT2D eigenvalue weighted by Gasteiger charge is 2.01. The maximum absolute atomic E-state index is 10.9. The van der Waals surface area contributed by atoms with E-state index in [-0.39, 0.29) is 0 Å². The van der Waals surface area contributed by atoms with E-state index in [1.807, 2.05) is 24.3 Å². The van der Waals surface area contributed by atoms with Crippen molar-refractivity contribution < 1.29 is 4.79 Å². The highest BCUT2D eigenvalue weighted by Crippen LogP contribution is 2.08. The molecule has 0 radical (unpaired) electrons. The van der Waals surface area contributed by atoms with Crippen molar-refractivity contribution >= 4 is 11.7 Å². The van der Waals surface area contributed by atoms with Gasteiger partial charge in [-0.15, -0.1) is 0 Å². The van der Waals surface area contributed by atoms with Gasteiger partial charge in [0.2, 0.25) is 5.91 Å². The van der Waals surface area contributed by atoms with Gasteiger partial charge in [-0.05, 0) is 23.3 Å². The summed E-state index contributed by atoms with van der Waals surface area (Å²) >= 11 is 0. The van der Waals surface area contributed by atoms with Gasteiger partial charge in [0.25, 0.3) is 0 Å². The van der Waals surface area contributed by atoms with E-state index >= 15 is 0 Å². The molecule has 0 aliphatic carbocycles. The molecule has 0 atom stereocenters. The Morgan fingerprint density at radius 3 is 2.32 bits per heavy atom. The molecule has 0 saturated heterocycles. The minimum Gasteiger partial charge on any atom is -0.366 e. The third-order valence-electron chi connectivity index (χ3n) is 2.78. The quantitative estimate of drug-likeness (QED) is 0.750. The van der Waals surface area contributed by atoms with Crippen LogP contribution in [0.3, 0.4) is 0 Å². The fraction of sp³-hybridized carbons (Fsp3) is 0.143. The van der Waals surface area contributed by atoms with Crippen molar-refractivity contribution in [2.75, 3.05) is 5.32 Å². The van der Waals surface area contributed by atoms with E-state index in [4.69, 9.17) is 11.5 Å². The standard InChI is InChI=1S/C14H16N4O/c15-7-10-1-3-11(4-2-10)8-17-13-6-5-12(9-18-13)14(16)19/h1-6,9H,7-8,15H2,(H2,16,19)(H,17,18). The molecular weight excluding hydrogens is 240 g/mol. The molecule has 0 unspecified atom stereocenters. The number of rotatable bonds is 5. The highest BCUT2D eigenvalue weighted by atomic mass is 16.1. The van der Waals surface area contributed by atoms with Crippen LogP contribution in [0.1, 0.15) is 21.5 Å². The van der Waals surface area contributed by atoms with Crippen LogP contribution < -0.4 is 16.8 Å². The fourth-order valence-electron chi connectivity index (χ4n) is 1.63. The molecule has 0 aliphatic rings. The predicted octanol–water partition coefficient (Wildman–Crippen LogP) is 1.25. The van der Waals surface area contributed by atoms with E-state index in [0.717, 1.165) is 11.1 Å². The zero-order chi connectivity index (χ0) is 13.7. The summed E-state index contributed by atoms with van der Waals surface area (Å²) in [6.45, 7) is 1.21. The number of primary amides is 1. The van der Waals surface area contributed by atoms with Crippen LogP contribution in [0.4, 0.5) is 5.82 Å². The van der Waals surface area contributed by atoms with Gasteiger partial charge in [0.05, 0.1) is 5.56 Å². The van der Waals surface area contributed by atoms with Gasteiger partial charge in [0.15, 0.2) is 0 Å². The van der Waals surface area contributed by atoms with Gasteiger partial charge < -0.3 is 16.8 Å². The Balaban J connectivity index is 1.95. The number of hydrogen-bond acceptors (Lipinski definition) is 4. The molecule has 5 nitrogen and oxygen atoms in total. The lowest BCUT2D eigenvalue weighted by molar-refractivity contribution is 0.1000. The molecule has 0 aliphatic heterocycles. The largest absolute Gasteiger partial charge is 0.366 e. The molecule has 19 heavy (non-hydrogen) atoms. The number of benzene rings is 1. The Morgan fingerprint density at radius 2 is 1.79 bits per heavy atom. The zero-order valence-corrected chi connectivity index (χ0v) is 10.5. The number of nitrogens with two attached hydrogens (primary N) is 2. The first kappa shape index (κ1) is 13.0. The van der Waals surface area contributed by atoms with Crippen LogP contribution in [0.5, 0.6) is 0 Å². The van der Waals surface area contributed by atoms with Crippen molar-refractivity contribution in [2.45, 2.75) is 13.1 Å². The lowest BCUT2D eigenvalue weighted by Crippen LogP contribution is -2.11. The monoisotopic (exact) mass is 256 g/mol. The number of amides is 1. The number of carbonyl (C=O) groups is 1. The SMILES string of the molecule is NCc1ccc(CNc2ccc(C(N)=O)cn2)cc1. The van der Waals surface area contributed by atoms with Gasteiger partial charge >= 0.3 is 0 Å². The molecule has 1 heterocycles. The van der Waals surface area contributed by atoms with Crippen molar-refractivity contribution in [3.8, 4) is 0 Å². The van der Waals surface area contributed by atoms with Gasteiger partial charge in [0, 0.05) is 19.3 Å². The van der Waals surface area contributed by atoms with Crippen LogP contribution >= 0.6 is 0 Å². The van der Waals surface area contributed by atoms with E-state index in [9.17, 15) is 4.79 Å². The molecule has 5 heteroatoms. The summed E-state index contributed by atoms with van der Waals surface area (Å²) < 4.78 is 0. The van der Waals surface area contributed by atoms with Gasteiger partial charge in [-0.3, -0.25) is 4.79 Å². The van der Waals surface area contributed by atoms with Crippen LogP contribution in [0, 0.1) is 0 Å². The molecule has 1 aromatic carbocycles. The van der Waals surface area contributed by atoms with Gasteiger partial charge in [-0.1, -0.05) is 24.3 Å². The van der Waals surface area contributed by atoms with Gasteiger partial charge in [-0.25, -0.2) is 4.98 Å². The zero-order valence-electron chi connectivity index (χ0n) is 10.5. The van der Waals surface area contributed by atoms with Crippen LogP contribution in [0.15, 0.2) is 42.6 Å². The number of aromatic nitrogens is 1. The number of carbonyl (C=O) groups excluding carboxylic acids is 1. The van der Waals surface area contributed by atoms with Crippen molar-refractivity contribution in [2.24, 2.45) is 11.5 Å². The van der Waals surface area contributed by atoms with E-state index in [0.29, 0.717) is 24.5 Å². The summed E-state index contributed by atoms with van der Waals surface area (Å²) in [5, 5.41) is 3.17. The maximum Gasteiger partial charge on any atom is 0.250 e. The lowest BCUT2D eigenvalue weighted by atomic mass is 10.1. The summed E-state index contributed by atoms with van der Waals surface area (Å²) in [7, 11) is 0. The number of anilines is 1. The molecule has 0 spiro atoms. The Hall–Kier alpha value is -2.40. The van der Waals surface area contributed by atoms with E-state index < -0.39 is 5.91 Å². The molecule has 2 aromatic rings. The number of nitrogens with one attached hydrogen (secondary N) is 1. The first-order chi connectivity index (χ1) is 9.19. The average Bonchev–Trinajstić information content (AvgIpc) is 2.46. The minimum absolute atomic E-state index is 0.401. The molecule has 2 rings (SSSR count). The summed E-state index contributed by atoms with van der Waals surface area (Å²) in [6.07, 6.45) is 1.46. The fourth-order valence-corrected chi connectivity index (χ4v) is 1.63. The second-order valence-electron chi connectivity index (χ2n) is 4.17. The molecule has 5 N–H and O–H groups in total. The minimum atomic E-state index is -0.476. The van der Waals surface area contributed by atoms with Crippen molar-refractivity contribution in [1.29, 1.82) is 0 Å². The van der Waals surface area contributed by atoms with Crippen molar-refractivity contribution in [3.05, 3.63) is 59.3 Å². The van der Waals surface area contributed by atoms with Crippen molar-refractivity contribution in [1.82, 2.24) is 4.98 Å². The summed E-state index contributed by atoms with van der Waals surface area (Å²) in [5.74, 6) is 0.226. The summed E-state index contributed by atoms with van der Waals surface area (Å²) in [5.41, 5.74) is 13.3. The second kappa shape index (κ2) is 5.97. The van der Waals surface area contributed by atoms with Crippen molar-refractivity contribution in [3.63, 3.8) is 0 Å². The molecule has 0 saturated carbocycles. The Morgan fingerprint density at radius 1 is 1.11 bits per heavy atom. The molecule has 0 fully saturated rings. The summed E-state index contributed by atoms with van der Waals surface area (Å²) in [6, 6.07) is 11.4. The molecule has 1 aromatic heterocycles. The van der Waals surface area contributed by atoms with Crippen LogP contribution in [0.25, 0.3) is 0 Å². The third kappa shape index (κ3) is 3.53. The molecule has 0 bridgehead atoms. The lowest BCUT2D eigenvalue weighted by Gasteiger charge is -2.06. The smallest absolute Gasteiger partial charge is 0.250 e. The van der Waals surface area contributed by atoms with Crippen LogP contribution in [0.2, 0.25) is 0 Å². The van der Waals surface area contributed by atoms with E-state index in [1.165, 1.54) is 6.20 Å². The molecule has 98 valence electrons. The topological polar surface area (TPSA) is 94.0 Å². The van der Waals surface area contributed by atoms with E-state index in [1.54, 1.807) is 12.1 Å². The first-order valence-electron chi connectivity index (χ1n) is 5.96. The Bertz CT molecular complexity index is 549. The Kier molecular flexibility index (Phi) is 4.10. The Labute approximate surface area is 111 Å². The average molecular weight is 256 g/mol. The number of pyridine rings is 1. The second-order valence-corrected chi connectivity index (χ2v) is 4.17. The predicted molar refractivity (Wildman–Crippen MR) is 74.4 cm³/mol. The maximum atomic E-state index is 10.9. The normalized spacial score (nSPS) is 10.2. The number of hydrogen-bond donors (Lipinski definition) is 3. The van der Waals surface area contributed by atoms with E-state index in [2.05, 4.69) is 10.3 Å². The third-order valence-corrected chi connectivity index (χ3v) is 2.78. The van der Waals surface area contributed by atoms with Gasteiger partial charge in [-0.2, -0.15) is 0 Å². The van der Waals surface area contributed by atoms with Crippen LogP contribution in [-0.4, -0.2) is 10.9 Å². The summed E-state index contributed by atoms with van der Waals surface area (Å²) in [4.78, 5) is 15.0. The van der Waals surface area contributed by atoms with Gasteiger partial charge in [0.1, 0.15) is 5.82 Å². The molecular formula is C14H16N4O. The van der Waals surface area contributed by atoms with Crippen LogP contribution in [-0.2, 0) is 13.1 Å². The number of nitrogens with zero attached hydrogens (tertiary/aromatic N) is 1. The highest BCUT2D eigenvalue weighted by molar-refractivity contribution is 5.92.